The molecular weight excluding hydrogens is 280 g/mol. The largest absolute Gasteiger partial charge is 0.481 e. The Kier molecular flexibility index (Phi) is 3.51. The van der Waals surface area contributed by atoms with Crippen LogP contribution in [0.2, 0.25) is 0 Å². The Balaban J connectivity index is 2.11. The molecular formula is C18H14O4. The summed E-state index contributed by atoms with van der Waals surface area (Å²) < 4.78 is 5.41. The van der Waals surface area contributed by atoms with Crippen molar-refractivity contribution in [3.8, 4) is 0 Å². The molecule has 22 heavy (non-hydrogen) atoms. The maximum Gasteiger partial charge on any atom is 0.307 e. The molecule has 4 heteroatoms. The summed E-state index contributed by atoms with van der Waals surface area (Å²) in [6.45, 7) is 1.95. The zero-order chi connectivity index (χ0) is 15.7. The molecule has 0 fully saturated rings. The molecule has 1 heterocycles. The van der Waals surface area contributed by atoms with Gasteiger partial charge in [0.2, 0.25) is 0 Å². The van der Waals surface area contributed by atoms with Gasteiger partial charge in [-0.25, -0.2) is 0 Å². The number of carbonyl (C=O) groups is 2. The third-order valence-electron chi connectivity index (χ3n) is 3.52. The summed E-state index contributed by atoms with van der Waals surface area (Å²) in [5.41, 5.74) is 3.08. The standard InChI is InChI=1S/C18H14O4/c1-11-2-4-13(5-3-11)17(21)15-9-12(10-16(19)20)8-14-6-7-22-18(14)15/h2-9H,10H2,1H3,(H,19,20). The predicted molar refractivity (Wildman–Crippen MR) is 82.2 cm³/mol. The quantitative estimate of drug-likeness (QED) is 0.746. The van der Waals surface area contributed by atoms with Gasteiger partial charge in [0, 0.05) is 10.9 Å². The number of fused-ring (bicyclic) bond motifs is 1. The molecule has 0 radical (unpaired) electrons. The van der Waals surface area contributed by atoms with Crippen LogP contribution in [0, 0.1) is 6.92 Å². The van der Waals surface area contributed by atoms with Crippen molar-refractivity contribution < 1.29 is 19.1 Å². The number of furan rings is 1. The zero-order valence-corrected chi connectivity index (χ0v) is 12.0. The summed E-state index contributed by atoms with van der Waals surface area (Å²) in [4.78, 5) is 23.6. The lowest BCUT2D eigenvalue weighted by Gasteiger charge is -2.06. The number of carboxylic acid groups (broad SMARTS) is 1. The van der Waals surface area contributed by atoms with Crippen LogP contribution in [0.4, 0.5) is 0 Å². The van der Waals surface area contributed by atoms with E-state index >= 15 is 0 Å². The highest BCUT2D eigenvalue weighted by atomic mass is 16.4. The highest BCUT2D eigenvalue weighted by molar-refractivity contribution is 6.15. The Morgan fingerprint density at radius 2 is 1.82 bits per heavy atom. The molecule has 2 aromatic carbocycles. The summed E-state index contributed by atoms with van der Waals surface area (Å²) in [5.74, 6) is -1.11. The minimum absolute atomic E-state index is 0.130. The van der Waals surface area contributed by atoms with Crippen LogP contribution in [0.3, 0.4) is 0 Å². The van der Waals surface area contributed by atoms with E-state index in [4.69, 9.17) is 9.52 Å². The van der Waals surface area contributed by atoms with Crippen LogP contribution in [0.25, 0.3) is 11.0 Å². The third-order valence-corrected chi connectivity index (χ3v) is 3.52. The lowest BCUT2D eigenvalue weighted by Crippen LogP contribution is -2.05. The lowest BCUT2D eigenvalue weighted by atomic mass is 9.97. The predicted octanol–water partition coefficient (Wildman–Crippen LogP) is 3.60. The van der Waals surface area contributed by atoms with Crippen molar-refractivity contribution in [1.82, 2.24) is 0 Å². The Morgan fingerprint density at radius 3 is 2.50 bits per heavy atom. The lowest BCUT2D eigenvalue weighted by molar-refractivity contribution is -0.136. The number of benzene rings is 2. The minimum Gasteiger partial charge on any atom is -0.481 e. The van der Waals surface area contributed by atoms with Gasteiger partial charge in [0.1, 0.15) is 5.58 Å². The number of ketones is 1. The number of hydrogen-bond donors (Lipinski definition) is 1. The average Bonchev–Trinajstić information content (AvgIpc) is 2.94. The molecule has 0 spiro atoms. The van der Waals surface area contributed by atoms with E-state index in [1.165, 1.54) is 6.26 Å². The molecule has 1 N–H and O–H groups in total. The summed E-state index contributed by atoms with van der Waals surface area (Å²) in [6.07, 6.45) is 1.37. The van der Waals surface area contributed by atoms with Crippen LogP contribution < -0.4 is 0 Å². The Hall–Kier alpha value is -2.88. The Bertz CT molecular complexity index is 856. The fourth-order valence-electron chi connectivity index (χ4n) is 2.45. The summed E-state index contributed by atoms with van der Waals surface area (Å²) in [7, 11) is 0. The summed E-state index contributed by atoms with van der Waals surface area (Å²) >= 11 is 0. The molecule has 3 aromatic rings. The molecule has 0 aliphatic heterocycles. The van der Waals surface area contributed by atoms with E-state index < -0.39 is 5.97 Å². The monoisotopic (exact) mass is 294 g/mol. The molecule has 0 atom stereocenters. The minimum atomic E-state index is -0.934. The van der Waals surface area contributed by atoms with Crippen molar-refractivity contribution in [1.29, 1.82) is 0 Å². The molecule has 0 bridgehead atoms. The molecule has 110 valence electrons. The first kappa shape index (κ1) is 14.1. The Morgan fingerprint density at radius 1 is 1.09 bits per heavy atom. The smallest absolute Gasteiger partial charge is 0.307 e. The first-order chi connectivity index (χ1) is 10.5. The number of hydrogen-bond acceptors (Lipinski definition) is 3. The van der Waals surface area contributed by atoms with Gasteiger partial charge in [-0.2, -0.15) is 0 Å². The third kappa shape index (κ3) is 2.63. The highest BCUT2D eigenvalue weighted by Crippen LogP contribution is 2.25. The number of carbonyl (C=O) groups excluding carboxylic acids is 1. The van der Waals surface area contributed by atoms with Gasteiger partial charge in [0.05, 0.1) is 18.2 Å². The van der Waals surface area contributed by atoms with Crippen LogP contribution >= 0.6 is 0 Å². The second-order valence-electron chi connectivity index (χ2n) is 5.25. The van der Waals surface area contributed by atoms with Crippen molar-refractivity contribution in [3.05, 3.63) is 71.0 Å². The average molecular weight is 294 g/mol. The van der Waals surface area contributed by atoms with Crippen molar-refractivity contribution in [2.75, 3.05) is 0 Å². The van der Waals surface area contributed by atoms with Crippen molar-refractivity contribution in [2.24, 2.45) is 0 Å². The van der Waals surface area contributed by atoms with Gasteiger partial charge in [0.15, 0.2) is 5.78 Å². The van der Waals surface area contributed by atoms with Crippen LogP contribution in [0.15, 0.2) is 53.1 Å². The van der Waals surface area contributed by atoms with Crippen LogP contribution in [0.1, 0.15) is 27.0 Å². The van der Waals surface area contributed by atoms with Crippen LogP contribution in [-0.2, 0) is 11.2 Å². The van der Waals surface area contributed by atoms with Gasteiger partial charge in [-0.3, -0.25) is 9.59 Å². The highest BCUT2D eigenvalue weighted by Gasteiger charge is 2.17. The van der Waals surface area contributed by atoms with E-state index in [-0.39, 0.29) is 12.2 Å². The van der Waals surface area contributed by atoms with E-state index in [0.717, 1.165) is 10.9 Å². The molecule has 0 amide bonds. The fraction of sp³-hybridized carbons (Fsp3) is 0.111. The molecule has 0 saturated carbocycles. The molecule has 0 unspecified atom stereocenters. The van der Waals surface area contributed by atoms with E-state index in [2.05, 4.69) is 0 Å². The van der Waals surface area contributed by atoms with E-state index in [1.807, 2.05) is 19.1 Å². The van der Waals surface area contributed by atoms with Crippen molar-refractivity contribution in [3.63, 3.8) is 0 Å². The maximum absolute atomic E-state index is 12.7. The fourth-order valence-corrected chi connectivity index (χ4v) is 2.45. The normalized spacial score (nSPS) is 10.8. The second-order valence-corrected chi connectivity index (χ2v) is 5.25. The topological polar surface area (TPSA) is 67.5 Å². The zero-order valence-electron chi connectivity index (χ0n) is 12.0. The number of carboxylic acids is 1. The Labute approximate surface area is 127 Å². The van der Waals surface area contributed by atoms with Gasteiger partial charge in [-0.1, -0.05) is 29.8 Å². The van der Waals surface area contributed by atoms with Gasteiger partial charge < -0.3 is 9.52 Å². The first-order valence-corrected chi connectivity index (χ1v) is 6.88. The van der Waals surface area contributed by atoms with Crippen molar-refractivity contribution in [2.45, 2.75) is 13.3 Å². The first-order valence-electron chi connectivity index (χ1n) is 6.88. The molecule has 3 rings (SSSR count). The molecule has 0 aliphatic rings. The summed E-state index contributed by atoms with van der Waals surface area (Å²) in [5, 5.41) is 9.69. The summed E-state index contributed by atoms with van der Waals surface area (Å²) in [6, 6.07) is 12.3. The molecule has 0 saturated heterocycles. The second kappa shape index (κ2) is 5.48. The van der Waals surface area contributed by atoms with E-state index in [1.54, 1.807) is 30.3 Å². The number of aliphatic carboxylic acids is 1. The molecule has 1 aromatic heterocycles. The van der Waals surface area contributed by atoms with E-state index in [9.17, 15) is 9.59 Å². The van der Waals surface area contributed by atoms with Gasteiger partial charge in [-0.05, 0) is 30.7 Å². The maximum atomic E-state index is 12.7. The molecule has 0 aliphatic carbocycles. The van der Waals surface area contributed by atoms with Crippen molar-refractivity contribution >= 4 is 22.7 Å². The van der Waals surface area contributed by atoms with Crippen LogP contribution in [0.5, 0.6) is 0 Å². The number of rotatable bonds is 4. The SMILES string of the molecule is Cc1ccc(C(=O)c2cc(CC(=O)O)cc3ccoc23)cc1. The van der Waals surface area contributed by atoms with Gasteiger partial charge in [0.25, 0.3) is 0 Å². The van der Waals surface area contributed by atoms with Gasteiger partial charge in [-0.15, -0.1) is 0 Å². The van der Waals surface area contributed by atoms with Gasteiger partial charge >= 0.3 is 5.97 Å². The molecule has 4 nitrogen and oxygen atoms in total. The van der Waals surface area contributed by atoms with E-state index in [0.29, 0.717) is 22.3 Å². The van der Waals surface area contributed by atoms with Crippen LogP contribution in [-0.4, -0.2) is 16.9 Å². The number of aryl methyl sites for hydroxylation is 1.